The van der Waals surface area contributed by atoms with E-state index >= 15 is 0 Å². The maximum absolute atomic E-state index is 12.7. The number of hydrogen-bond donors (Lipinski definition) is 0. The van der Waals surface area contributed by atoms with Crippen LogP contribution in [0.3, 0.4) is 0 Å². The quantitative estimate of drug-likeness (QED) is 0.678. The molecule has 1 amide bonds. The summed E-state index contributed by atoms with van der Waals surface area (Å²) >= 11 is 0. The van der Waals surface area contributed by atoms with Crippen LogP contribution in [-0.4, -0.2) is 44.7 Å². The minimum atomic E-state index is -0.625. The molecule has 3 heterocycles. The van der Waals surface area contributed by atoms with Crippen LogP contribution >= 0.6 is 0 Å². The third kappa shape index (κ3) is 3.53. The van der Waals surface area contributed by atoms with Gasteiger partial charge in [0, 0.05) is 12.8 Å². The summed E-state index contributed by atoms with van der Waals surface area (Å²) < 4.78 is 12.6. The molecule has 3 rings (SSSR count). The summed E-state index contributed by atoms with van der Waals surface area (Å²) in [5.74, 6) is 0. The first-order chi connectivity index (χ1) is 11.9. The molecule has 0 radical (unpaired) electrons. The van der Waals surface area contributed by atoms with Gasteiger partial charge in [-0.2, -0.15) is 5.01 Å². The molecule has 0 bridgehead atoms. The van der Waals surface area contributed by atoms with Gasteiger partial charge in [-0.25, -0.2) is 14.5 Å². The molecule has 0 aliphatic carbocycles. The van der Waals surface area contributed by atoms with E-state index in [4.69, 9.17) is 9.47 Å². The number of fused-ring (bicyclic) bond motifs is 3. The molecule has 0 aliphatic rings. The Kier molecular flexibility index (Phi) is 4.54. The third-order valence-electron chi connectivity index (χ3n) is 3.40. The van der Waals surface area contributed by atoms with Crippen molar-refractivity contribution >= 4 is 28.2 Å². The number of ether oxygens (including phenoxy) is 2. The smallest absolute Gasteiger partial charge is 0.431 e. The Hall–Kier alpha value is -2.74. The summed E-state index contributed by atoms with van der Waals surface area (Å²) in [5, 5.41) is 1.36. The fraction of sp³-hybridized carbons (Fsp3) is 0.412. The summed E-state index contributed by atoms with van der Waals surface area (Å²) in [6, 6.07) is 3.67. The predicted molar refractivity (Wildman–Crippen MR) is 93.8 cm³/mol. The van der Waals surface area contributed by atoms with Gasteiger partial charge in [-0.05, 0) is 39.8 Å². The Balaban J connectivity index is 2.12. The van der Waals surface area contributed by atoms with Crippen molar-refractivity contribution < 1.29 is 14.3 Å². The van der Waals surface area contributed by atoms with Gasteiger partial charge in [0.1, 0.15) is 35.2 Å². The van der Waals surface area contributed by atoms with Crippen LogP contribution in [0.25, 0.3) is 22.1 Å². The van der Waals surface area contributed by atoms with Gasteiger partial charge in [-0.3, -0.25) is 9.97 Å². The van der Waals surface area contributed by atoms with Crippen LogP contribution in [0.1, 0.15) is 27.7 Å². The largest absolute Gasteiger partial charge is 0.442 e. The van der Waals surface area contributed by atoms with Crippen molar-refractivity contribution in [3.8, 4) is 0 Å². The lowest BCUT2D eigenvalue weighted by Crippen LogP contribution is -2.45. The molecular formula is C17H21N5O3. The number of aromatic nitrogens is 4. The average molecular weight is 343 g/mol. The number of amides is 1. The van der Waals surface area contributed by atoms with Gasteiger partial charge in [-0.1, -0.05) is 0 Å². The van der Waals surface area contributed by atoms with Crippen molar-refractivity contribution in [2.75, 3.05) is 18.3 Å². The molecule has 0 saturated carbocycles. The molecule has 0 fully saturated rings. The Morgan fingerprint density at radius 1 is 1.24 bits per heavy atom. The lowest BCUT2D eigenvalue weighted by atomic mass is 10.2. The molecule has 8 heteroatoms. The van der Waals surface area contributed by atoms with Crippen LogP contribution in [0.4, 0.5) is 4.79 Å². The second-order valence-corrected chi connectivity index (χ2v) is 6.45. The molecule has 0 atom stereocenters. The van der Waals surface area contributed by atoms with Gasteiger partial charge in [-0.15, -0.1) is 0 Å². The Morgan fingerprint density at radius 2 is 2.04 bits per heavy atom. The van der Waals surface area contributed by atoms with E-state index in [0.717, 1.165) is 5.52 Å². The van der Waals surface area contributed by atoms with Gasteiger partial charge in [0.15, 0.2) is 0 Å². The molecular weight excluding hydrogens is 322 g/mol. The molecule has 3 aromatic heterocycles. The number of nitrogens with zero attached hydrogens (tertiary/aromatic N) is 5. The third-order valence-corrected chi connectivity index (χ3v) is 3.40. The van der Waals surface area contributed by atoms with E-state index in [1.807, 2.05) is 39.8 Å². The first-order valence-corrected chi connectivity index (χ1v) is 8.06. The summed E-state index contributed by atoms with van der Waals surface area (Å²) in [6.07, 6.45) is 4.36. The molecule has 3 aromatic rings. The fourth-order valence-electron chi connectivity index (χ4n) is 2.37. The predicted octanol–water partition coefficient (Wildman–Crippen LogP) is 2.85. The lowest BCUT2D eigenvalue weighted by molar-refractivity contribution is 0.0431. The highest BCUT2D eigenvalue weighted by Crippen LogP contribution is 2.22. The van der Waals surface area contributed by atoms with Crippen LogP contribution in [-0.2, 0) is 9.47 Å². The SMILES string of the molecule is CCOCN(C(=O)OC(C)(C)C)n1cnc2cnc3cccnc3c21. The molecule has 0 aliphatic heterocycles. The maximum atomic E-state index is 12.7. The summed E-state index contributed by atoms with van der Waals surface area (Å²) in [7, 11) is 0. The second kappa shape index (κ2) is 6.64. The number of rotatable bonds is 4. The fourth-order valence-corrected chi connectivity index (χ4v) is 2.37. The van der Waals surface area contributed by atoms with E-state index in [9.17, 15) is 4.79 Å². The number of imidazole rings is 1. The Bertz CT molecular complexity index is 900. The topological polar surface area (TPSA) is 82.4 Å². The number of hydrogen-bond acceptors (Lipinski definition) is 6. The zero-order valence-electron chi connectivity index (χ0n) is 14.8. The minimum Gasteiger partial charge on any atom is -0.442 e. The van der Waals surface area contributed by atoms with Crippen LogP contribution < -0.4 is 5.01 Å². The van der Waals surface area contributed by atoms with Gasteiger partial charge in [0.2, 0.25) is 0 Å². The summed E-state index contributed by atoms with van der Waals surface area (Å²) in [6.45, 7) is 7.81. The Morgan fingerprint density at radius 3 is 2.76 bits per heavy atom. The summed E-state index contributed by atoms with van der Waals surface area (Å²) in [5.41, 5.74) is 2.06. The normalized spacial score (nSPS) is 11.8. The molecule has 0 N–H and O–H groups in total. The highest BCUT2D eigenvalue weighted by atomic mass is 16.6. The van der Waals surface area contributed by atoms with Crippen LogP contribution in [0.2, 0.25) is 0 Å². The van der Waals surface area contributed by atoms with Gasteiger partial charge in [0.05, 0.1) is 11.7 Å². The number of carbonyl (C=O) groups is 1. The molecule has 0 aromatic carbocycles. The van der Waals surface area contributed by atoms with Crippen molar-refractivity contribution in [1.82, 2.24) is 19.6 Å². The number of carbonyl (C=O) groups excluding carboxylic acids is 1. The van der Waals surface area contributed by atoms with E-state index in [2.05, 4.69) is 15.0 Å². The van der Waals surface area contributed by atoms with E-state index < -0.39 is 11.7 Å². The molecule has 8 nitrogen and oxygen atoms in total. The summed E-state index contributed by atoms with van der Waals surface area (Å²) in [4.78, 5) is 25.8. The molecule has 25 heavy (non-hydrogen) atoms. The van der Waals surface area contributed by atoms with Crippen LogP contribution in [0.15, 0.2) is 30.9 Å². The molecule has 0 saturated heterocycles. The maximum Gasteiger partial charge on any atom is 0.431 e. The highest BCUT2D eigenvalue weighted by Gasteiger charge is 2.25. The number of pyridine rings is 2. The van der Waals surface area contributed by atoms with Crippen LogP contribution in [0, 0.1) is 0 Å². The standard InChI is InChI=1S/C17H21N5O3/c1-5-24-11-22(16(23)25-17(2,3)4)21-10-20-13-9-19-12-7-6-8-18-14(12)15(13)21/h6-10H,5,11H2,1-4H3. The van der Waals surface area contributed by atoms with E-state index in [0.29, 0.717) is 23.2 Å². The molecule has 0 unspecified atom stereocenters. The van der Waals surface area contributed by atoms with E-state index in [1.165, 1.54) is 5.01 Å². The zero-order chi connectivity index (χ0) is 18.0. The van der Waals surface area contributed by atoms with E-state index in [1.54, 1.807) is 23.4 Å². The second-order valence-electron chi connectivity index (χ2n) is 6.45. The van der Waals surface area contributed by atoms with Gasteiger partial charge >= 0.3 is 6.09 Å². The Labute approximate surface area is 145 Å². The van der Waals surface area contributed by atoms with Crippen molar-refractivity contribution in [1.29, 1.82) is 0 Å². The lowest BCUT2D eigenvalue weighted by Gasteiger charge is -2.27. The van der Waals surface area contributed by atoms with Gasteiger partial charge < -0.3 is 9.47 Å². The highest BCUT2D eigenvalue weighted by molar-refractivity contribution is 6.00. The monoisotopic (exact) mass is 343 g/mol. The first kappa shape index (κ1) is 17.1. The van der Waals surface area contributed by atoms with Crippen molar-refractivity contribution in [3.05, 3.63) is 30.9 Å². The zero-order valence-corrected chi connectivity index (χ0v) is 14.8. The first-order valence-electron chi connectivity index (χ1n) is 8.06. The average Bonchev–Trinajstić information content (AvgIpc) is 2.98. The van der Waals surface area contributed by atoms with Crippen LogP contribution in [0.5, 0.6) is 0 Å². The molecule has 0 spiro atoms. The van der Waals surface area contributed by atoms with Gasteiger partial charge in [0.25, 0.3) is 0 Å². The minimum absolute atomic E-state index is 0.0352. The molecule has 132 valence electrons. The van der Waals surface area contributed by atoms with Crippen molar-refractivity contribution in [2.24, 2.45) is 0 Å². The van der Waals surface area contributed by atoms with Crippen molar-refractivity contribution in [2.45, 2.75) is 33.3 Å². The van der Waals surface area contributed by atoms with Crippen molar-refractivity contribution in [3.63, 3.8) is 0 Å². The van der Waals surface area contributed by atoms with E-state index in [-0.39, 0.29) is 6.73 Å².